The summed E-state index contributed by atoms with van der Waals surface area (Å²) in [5.74, 6) is -0.138. The molecule has 0 fully saturated rings. The predicted octanol–water partition coefficient (Wildman–Crippen LogP) is 7.97. The van der Waals surface area contributed by atoms with Crippen molar-refractivity contribution in [2.24, 2.45) is 5.92 Å². The Hall–Kier alpha value is -2.89. The third-order valence-electron chi connectivity index (χ3n) is 5.09. The first kappa shape index (κ1) is 22.3. The summed E-state index contributed by atoms with van der Waals surface area (Å²) in [7, 11) is 0. The lowest BCUT2D eigenvalue weighted by molar-refractivity contribution is -0.148. The van der Waals surface area contributed by atoms with E-state index in [1.54, 1.807) is 23.5 Å². The van der Waals surface area contributed by atoms with Crippen LogP contribution in [0.15, 0.2) is 72.8 Å². The van der Waals surface area contributed by atoms with Gasteiger partial charge in [0.05, 0.1) is 5.92 Å². The number of esters is 1. The van der Waals surface area contributed by atoms with E-state index in [0.29, 0.717) is 16.5 Å². The van der Waals surface area contributed by atoms with E-state index in [1.165, 1.54) is 6.07 Å². The number of hydrogen-bond acceptors (Lipinski definition) is 4. The molecule has 4 aromatic rings. The van der Waals surface area contributed by atoms with Gasteiger partial charge >= 0.3 is 5.97 Å². The fourth-order valence-electron chi connectivity index (χ4n) is 3.49. The largest absolute Gasteiger partial charge is 0.460 e. The molecular weight excluding hydrogens is 447 g/mol. The summed E-state index contributed by atoms with van der Waals surface area (Å²) in [6.07, 6.45) is 0. The number of benzene rings is 3. The molecule has 164 valence electrons. The highest BCUT2D eigenvalue weighted by Crippen LogP contribution is 2.37. The zero-order chi connectivity index (χ0) is 22.7. The van der Waals surface area contributed by atoms with Crippen LogP contribution in [0.4, 0.5) is 4.39 Å². The molecule has 0 saturated carbocycles. The number of ether oxygens (including phenoxy) is 2. The number of para-hydroxylation sites is 1. The minimum absolute atomic E-state index is 0.0172. The number of hydrogen-bond donors (Lipinski definition) is 0. The second-order valence-corrected chi connectivity index (χ2v) is 9.38. The molecule has 0 spiro atoms. The first-order valence-corrected chi connectivity index (χ1v) is 11.5. The molecule has 0 radical (unpaired) electrons. The van der Waals surface area contributed by atoms with Crippen LogP contribution in [-0.4, -0.2) is 5.97 Å². The molecule has 1 unspecified atom stereocenters. The molecule has 0 aliphatic heterocycles. The molecule has 1 atom stereocenters. The van der Waals surface area contributed by atoms with Gasteiger partial charge in [-0.25, -0.2) is 4.39 Å². The van der Waals surface area contributed by atoms with Crippen LogP contribution < -0.4 is 4.74 Å². The number of carbonyl (C=O) groups is 1. The summed E-state index contributed by atoms with van der Waals surface area (Å²) in [6, 6.07) is 21.3. The van der Waals surface area contributed by atoms with Crippen molar-refractivity contribution in [1.82, 2.24) is 0 Å². The van der Waals surface area contributed by atoms with Crippen LogP contribution in [0.3, 0.4) is 0 Å². The topological polar surface area (TPSA) is 35.5 Å². The molecule has 3 nitrogen and oxygen atoms in total. The maximum atomic E-state index is 14.4. The highest BCUT2D eigenvalue weighted by molar-refractivity contribution is 7.19. The second-order valence-electron chi connectivity index (χ2n) is 7.83. The molecule has 6 heteroatoms. The lowest BCUT2D eigenvalue weighted by Gasteiger charge is -2.18. The minimum atomic E-state index is -0.448. The van der Waals surface area contributed by atoms with Crippen molar-refractivity contribution < 1.29 is 18.7 Å². The minimum Gasteiger partial charge on any atom is -0.460 e. The Kier molecular flexibility index (Phi) is 6.77. The van der Waals surface area contributed by atoms with Crippen molar-refractivity contribution in [2.45, 2.75) is 26.4 Å². The molecule has 4 rings (SSSR count). The molecule has 0 saturated heterocycles. The summed E-state index contributed by atoms with van der Waals surface area (Å²) in [6.45, 7) is 3.77. The van der Waals surface area contributed by atoms with Crippen molar-refractivity contribution in [1.29, 1.82) is 0 Å². The molecule has 0 N–H and O–H groups in total. The van der Waals surface area contributed by atoms with Gasteiger partial charge in [-0.3, -0.25) is 4.79 Å². The van der Waals surface area contributed by atoms with Gasteiger partial charge < -0.3 is 9.47 Å². The molecule has 0 aliphatic rings. The maximum absolute atomic E-state index is 14.4. The Labute approximate surface area is 195 Å². The first-order chi connectivity index (χ1) is 15.4. The van der Waals surface area contributed by atoms with Crippen LogP contribution in [0.2, 0.25) is 5.02 Å². The molecule has 1 heterocycles. The number of halogens is 2. The zero-order valence-electron chi connectivity index (χ0n) is 17.7. The van der Waals surface area contributed by atoms with Crippen molar-refractivity contribution >= 4 is 39.0 Å². The third-order valence-corrected chi connectivity index (χ3v) is 6.52. The highest BCUT2D eigenvalue weighted by Gasteiger charge is 2.28. The summed E-state index contributed by atoms with van der Waals surface area (Å²) in [5, 5.41) is 1.64. The quantitative estimate of drug-likeness (QED) is 0.258. The third kappa shape index (κ3) is 5.12. The van der Waals surface area contributed by atoms with Gasteiger partial charge in [-0.1, -0.05) is 43.6 Å². The average molecular weight is 469 g/mol. The van der Waals surface area contributed by atoms with Crippen LogP contribution in [0, 0.1) is 11.7 Å². The Morgan fingerprint density at radius 2 is 1.78 bits per heavy atom. The van der Waals surface area contributed by atoms with Crippen LogP contribution in [0.25, 0.3) is 10.1 Å². The number of fused-ring (bicyclic) bond motifs is 1. The van der Waals surface area contributed by atoms with Gasteiger partial charge in [0, 0.05) is 20.2 Å². The number of carbonyl (C=O) groups excluding carboxylic acids is 1. The average Bonchev–Trinajstić information content (AvgIpc) is 3.17. The van der Waals surface area contributed by atoms with Gasteiger partial charge in [0.2, 0.25) is 0 Å². The molecule has 0 amide bonds. The van der Waals surface area contributed by atoms with E-state index in [0.717, 1.165) is 15.0 Å². The Morgan fingerprint density at radius 3 is 2.53 bits per heavy atom. The van der Waals surface area contributed by atoms with Crippen molar-refractivity contribution in [3.05, 3.63) is 94.1 Å². The summed E-state index contributed by atoms with van der Waals surface area (Å²) >= 11 is 7.64. The first-order valence-electron chi connectivity index (χ1n) is 10.3. The zero-order valence-corrected chi connectivity index (χ0v) is 19.3. The lowest BCUT2D eigenvalue weighted by Crippen LogP contribution is -2.20. The van der Waals surface area contributed by atoms with E-state index in [4.69, 9.17) is 21.1 Å². The summed E-state index contributed by atoms with van der Waals surface area (Å²) in [4.78, 5) is 13.9. The van der Waals surface area contributed by atoms with Crippen LogP contribution in [-0.2, 0) is 16.1 Å². The monoisotopic (exact) mass is 468 g/mol. The van der Waals surface area contributed by atoms with E-state index in [2.05, 4.69) is 0 Å². The SMILES string of the molecule is CC(C)C(C(=O)OCc1cc(Oc2ccccc2)ccc1F)c1cc2cc(Cl)ccc2s1. The smallest absolute Gasteiger partial charge is 0.314 e. The number of rotatable bonds is 7. The molecule has 0 bridgehead atoms. The van der Waals surface area contributed by atoms with Gasteiger partial charge in [-0.15, -0.1) is 11.3 Å². The van der Waals surface area contributed by atoms with Gasteiger partial charge in [-0.2, -0.15) is 0 Å². The van der Waals surface area contributed by atoms with E-state index in [9.17, 15) is 9.18 Å². The van der Waals surface area contributed by atoms with Crippen molar-refractivity contribution in [3.8, 4) is 11.5 Å². The molecule has 32 heavy (non-hydrogen) atoms. The predicted molar refractivity (Wildman–Crippen MR) is 127 cm³/mol. The maximum Gasteiger partial charge on any atom is 0.314 e. The standard InChI is InChI=1S/C26H22ClFO3S/c1-16(2)25(24-14-17-12-19(27)8-11-23(17)32-24)26(29)30-15-18-13-21(9-10-22(18)28)31-20-6-4-3-5-7-20/h3-14,16,25H,15H2,1-2H3. The molecule has 3 aromatic carbocycles. The van der Waals surface area contributed by atoms with Crippen LogP contribution in [0.5, 0.6) is 11.5 Å². The van der Waals surface area contributed by atoms with Crippen LogP contribution in [0.1, 0.15) is 30.2 Å². The fraction of sp³-hybridized carbons (Fsp3) is 0.192. The van der Waals surface area contributed by atoms with Gasteiger partial charge in [0.15, 0.2) is 0 Å². The molecule has 1 aromatic heterocycles. The van der Waals surface area contributed by atoms with Crippen molar-refractivity contribution in [2.75, 3.05) is 0 Å². The summed E-state index contributed by atoms with van der Waals surface area (Å²) in [5.41, 5.74) is 0.261. The van der Waals surface area contributed by atoms with E-state index < -0.39 is 11.7 Å². The Bertz CT molecular complexity index is 1240. The van der Waals surface area contributed by atoms with E-state index in [1.807, 2.05) is 68.4 Å². The van der Waals surface area contributed by atoms with Gasteiger partial charge in [0.1, 0.15) is 23.9 Å². The van der Waals surface area contributed by atoms with E-state index >= 15 is 0 Å². The van der Waals surface area contributed by atoms with Crippen molar-refractivity contribution in [3.63, 3.8) is 0 Å². The normalized spacial score (nSPS) is 12.2. The van der Waals surface area contributed by atoms with Crippen LogP contribution >= 0.6 is 22.9 Å². The van der Waals surface area contributed by atoms with Gasteiger partial charge in [-0.05, 0) is 65.9 Å². The Morgan fingerprint density at radius 1 is 1.00 bits per heavy atom. The summed E-state index contributed by atoms with van der Waals surface area (Å²) < 4.78 is 26.7. The lowest BCUT2D eigenvalue weighted by atomic mass is 9.94. The van der Waals surface area contributed by atoms with E-state index in [-0.39, 0.29) is 24.1 Å². The fourth-order valence-corrected chi connectivity index (χ4v) is 4.98. The Balaban J connectivity index is 1.50. The molecular formula is C26H22ClFO3S. The second kappa shape index (κ2) is 9.72. The van der Waals surface area contributed by atoms with Gasteiger partial charge in [0.25, 0.3) is 0 Å². The number of thiophene rings is 1. The molecule has 0 aliphatic carbocycles. The highest BCUT2D eigenvalue weighted by atomic mass is 35.5.